The molecule has 0 saturated carbocycles. The van der Waals surface area contributed by atoms with Gasteiger partial charge in [-0.3, -0.25) is 14.3 Å². The normalized spacial score (nSPS) is 20.9. The van der Waals surface area contributed by atoms with Gasteiger partial charge in [0.15, 0.2) is 14.9 Å². The van der Waals surface area contributed by atoms with E-state index >= 15 is 0 Å². The zero-order valence-electron chi connectivity index (χ0n) is 24.1. The van der Waals surface area contributed by atoms with E-state index in [0.29, 0.717) is 11.1 Å². The number of hydrogen-bond acceptors (Lipinski definition) is 8. The first-order valence-corrected chi connectivity index (χ1v) is 16.3. The largest absolute Gasteiger partial charge is 0.455 e. The van der Waals surface area contributed by atoms with Crippen molar-refractivity contribution in [3.8, 4) is 0 Å². The summed E-state index contributed by atoms with van der Waals surface area (Å²) in [6.45, 7) is 11.3. The molecule has 0 unspecified atom stereocenters. The van der Waals surface area contributed by atoms with Gasteiger partial charge in [-0.2, -0.15) is 0 Å². The Hall–Kier alpha value is -3.80. The Labute approximate surface area is 239 Å². The molecule has 1 fully saturated rings. The predicted octanol–water partition coefficient (Wildman–Crippen LogP) is 4.56. The van der Waals surface area contributed by atoms with Crippen molar-refractivity contribution in [2.75, 3.05) is 6.61 Å². The second kappa shape index (κ2) is 11.6. The van der Waals surface area contributed by atoms with Gasteiger partial charge < -0.3 is 18.6 Å². The Morgan fingerprint density at radius 1 is 1.00 bits per heavy atom. The van der Waals surface area contributed by atoms with Crippen molar-refractivity contribution in [1.29, 1.82) is 0 Å². The van der Waals surface area contributed by atoms with E-state index in [1.165, 1.54) is 10.8 Å². The van der Waals surface area contributed by atoms with Crippen LogP contribution in [0.15, 0.2) is 76.4 Å². The van der Waals surface area contributed by atoms with Crippen LogP contribution in [0.2, 0.25) is 18.1 Å². The Morgan fingerprint density at radius 3 is 2.12 bits per heavy atom. The minimum absolute atomic E-state index is 0.0862. The van der Waals surface area contributed by atoms with Crippen LogP contribution in [0.5, 0.6) is 0 Å². The lowest BCUT2D eigenvalue weighted by Gasteiger charge is -2.42. The summed E-state index contributed by atoms with van der Waals surface area (Å²) in [6.07, 6.45) is -0.432. The molecule has 2 heterocycles. The number of aryl methyl sites for hydroxylation is 1. The van der Waals surface area contributed by atoms with Crippen LogP contribution in [-0.4, -0.2) is 48.3 Å². The molecule has 1 N–H and O–H groups in total. The first kappa shape index (κ1) is 30.2. The van der Waals surface area contributed by atoms with Gasteiger partial charge in [0, 0.05) is 18.2 Å². The first-order valence-electron chi connectivity index (χ1n) is 13.4. The molecule has 10 nitrogen and oxygen atoms in total. The number of carbonyl (C=O) groups excluding carboxylic acids is 2. The number of esters is 2. The number of aromatic nitrogens is 2. The van der Waals surface area contributed by atoms with Gasteiger partial charge in [0.25, 0.3) is 11.3 Å². The van der Waals surface area contributed by atoms with Crippen LogP contribution >= 0.6 is 0 Å². The number of aromatic amines is 1. The van der Waals surface area contributed by atoms with Gasteiger partial charge in [0.05, 0.1) is 11.1 Å². The van der Waals surface area contributed by atoms with Crippen molar-refractivity contribution in [2.45, 2.75) is 70.4 Å². The summed E-state index contributed by atoms with van der Waals surface area (Å²) in [5.74, 6) is -3.26. The highest BCUT2D eigenvalue weighted by atomic mass is 28.4. The lowest BCUT2D eigenvalue weighted by molar-refractivity contribution is -0.251. The highest BCUT2D eigenvalue weighted by molar-refractivity contribution is 6.74. The van der Waals surface area contributed by atoms with E-state index in [1.54, 1.807) is 67.6 Å². The zero-order chi connectivity index (χ0) is 30.0. The lowest BCUT2D eigenvalue weighted by atomic mass is 10.1. The van der Waals surface area contributed by atoms with Crippen LogP contribution in [0.1, 0.15) is 59.7 Å². The van der Waals surface area contributed by atoms with E-state index in [-0.39, 0.29) is 17.0 Å². The standard InChI is InChI=1S/C30H36N2O8Si/c1-20-18-32(28(36)31-25(20)33)24-17-23(40-41(5,6)29(2,3)4)30(38-24,39-27(35)22-15-11-8-12-16-22)19-37-26(34)21-13-9-7-10-14-21/h7-16,18,23-24H,17,19H2,1-6H3,(H,31,33,36)/t23-,24-,30-/m1/s1. The summed E-state index contributed by atoms with van der Waals surface area (Å²) >= 11 is 0. The minimum Gasteiger partial charge on any atom is -0.455 e. The molecule has 1 aromatic heterocycles. The Balaban J connectivity index is 1.79. The SMILES string of the molecule is Cc1cn([C@H]2C[C@@H](O[Si](C)(C)C(C)(C)C)[C@@](COC(=O)c3ccccc3)(OC(=O)c3ccccc3)O2)c(=O)[nH]c1=O. The summed E-state index contributed by atoms with van der Waals surface area (Å²) in [6, 6.07) is 16.8. The average molecular weight is 581 g/mol. The molecule has 1 aliphatic rings. The van der Waals surface area contributed by atoms with Gasteiger partial charge >= 0.3 is 17.6 Å². The van der Waals surface area contributed by atoms with Gasteiger partial charge in [-0.25, -0.2) is 14.4 Å². The topological polar surface area (TPSA) is 126 Å². The van der Waals surface area contributed by atoms with Crippen LogP contribution in [0.3, 0.4) is 0 Å². The molecule has 0 radical (unpaired) electrons. The Bertz CT molecular complexity index is 1510. The third-order valence-electron chi connectivity index (χ3n) is 7.63. The number of benzene rings is 2. The Kier molecular flexibility index (Phi) is 8.53. The number of carbonyl (C=O) groups is 2. The van der Waals surface area contributed by atoms with Gasteiger partial charge in [-0.1, -0.05) is 57.2 Å². The summed E-state index contributed by atoms with van der Waals surface area (Å²) in [7, 11) is -2.53. The number of nitrogens with one attached hydrogen (secondary N) is 1. The maximum Gasteiger partial charge on any atom is 0.340 e. The molecule has 11 heteroatoms. The van der Waals surface area contributed by atoms with Crippen LogP contribution in [-0.2, 0) is 18.6 Å². The van der Waals surface area contributed by atoms with E-state index in [1.807, 2.05) is 13.1 Å². The maximum absolute atomic E-state index is 13.4. The van der Waals surface area contributed by atoms with Crippen LogP contribution in [0.25, 0.3) is 0 Å². The van der Waals surface area contributed by atoms with Crippen LogP contribution in [0, 0.1) is 6.92 Å². The molecule has 3 aromatic rings. The highest BCUT2D eigenvalue weighted by Crippen LogP contribution is 2.45. The zero-order valence-corrected chi connectivity index (χ0v) is 25.1. The molecule has 0 aliphatic carbocycles. The van der Waals surface area contributed by atoms with Crippen molar-refractivity contribution in [3.05, 3.63) is 104 Å². The second-order valence-corrected chi connectivity index (χ2v) is 16.4. The number of nitrogens with zero attached hydrogens (tertiary/aromatic N) is 1. The predicted molar refractivity (Wildman–Crippen MR) is 154 cm³/mol. The van der Waals surface area contributed by atoms with Gasteiger partial charge in [0.2, 0.25) is 0 Å². The van der Waals surface area contributed by atoms with E-state index < -0.39 is 56.2 Å². The van der Waals surface area contributed by atoms with Crippen molar-refractivity contribution < 1.29 is 28.2 Å². The summed E-state index contributed by atoms with van der Waals surface area (Å²) in [5, 5.41) is -0.230. The number of rotatable bonds is 8. The van der Waals surface area contributed by atoms with Crippen molar-refractivity contribution in [2.24, 2.45) is 0 Å². The average Bonchev–Trinajstić information content (AvgIpc) is 3.26. The van der Waals surface area contributed by atoms with Crippen molar-refractivity contribution >= 4 is 20.3 Å². The van der Waals surface area contributed by atoms with E-state index in [9.17, 15) is 19.2 Å². The van der Waals surface area contributed by atoms with Crippen LogP contribution < -0.4 is 11.2 Å². The fourth-order valence-electron chi connectivity index (χ4n) is 4.22. The summed E-state index contributed by atoms with van der Waals surface area (Å²) in [4.78, 5) is 53.6. The summed E-state index contributed by atoms with van der Waals surface area (Å²) in [5.41, 5.74) is -0.346. The highest BCUT2D eigenvalue weighted by Gasteiger charge is 2.57. The van der Waals surface area contributed by atoms with E-state index in [2.05, 4.69) is 25.8 Å². The third kappa shape index (κ3) is 6.58. The van der Waals surface area contributed by atoms with Crippen LogP contribution in [0.4, 0.5) is 0 Å². The van der Waals surface area contributed by atoms with E-state index in [0.717, 1.165) is 0 Å². The quantitative estimate of drug-likeness (QED) is 0.304. The minimum atomic E-state index is -2.53. The molecule has 0 spiro atoms. The molecule has 0 bridgehead atoms. The molecular weight excluding hydrogens is 544 g/mol. The number of H-pyrrole nitrogens is 1. The molecule has 218 valence electrons. The van der Waals surface area contributed by atoms with Gasteiger partial charge in [-0.15, -0.1) is 0 Å². The summed E-state index contributed by atoms with van der Waals surface area (Å²) < 4.78 is 26.1. The van der Waals surface area contributed by atoms with Crippen molar-refractivity contribution in [1.82, 2.24) is 9.55 Å². The first-order chi connectivity index (χ1) is 19.2. The maximum atomic E-state index is 13.4. The molecular formula is C30H36N2O8Si. The number of hydrogen-bond donors (Lipinski definition) is 1. The third-order valence-corrected chi connectivity index (χ3v) is 12.1. The second-order valence-electron chi connectivity index (χ2n) is 11.7. The molecule has 4 rings (SSSR count). The molecule has 0 amide bonds. The Morgan fingerprint density at radius 2 is 1.56 bits per heavy atom. The molecule has 3 atom stereocenters. The number of ether oxygens (including phenoxy) is 3. The fraction of sp³-hybridized carbons (Fsp3) is 0.400. The molecule has 1 saturated heterocycles. The smallest absolute Gasteiger partial charge is 0.340 e. The monoisotopic (exact) mass is 580 g/mol. The van der Waals surface area contributed by atoms with Crippen molar-refractivity contribution in [3.63, 3.8) is 0 Å². The molecule has 2 aromatic carbocycles. The van der Waals surface area contributed by atoms with Gasteiger partial charge in [0.1, 0.15) is 12.3 Å². The van der Waals surface area contributed by atoms with Gasteiger partial charge in [-0.05, 0) is 49.3 Å². The fourth-order valence-corrected chi connectivity index (χ4v) is 5.56. The molecule has 41 heavy (non-hydrogen) atoms. The molecule has 1 aliphatic heterocycles. The lowest BCUT2D eigenvalue weighted by Crippen LogP contribution is -2.55. The van der Waals surface area contributed by atoms with E-state index in [4.69, 9.17) is 18.6 Å².